The zero-order valence-electron chi connectivity index (χ0n) is 14.3. The van der Waals surface area contributed by atoms with Gasteiger partial charge < -0.3 is 5.32 Å². The highest BCUT2D eigenvalue weighted by Gasteiger charge is 2.38. The number of rotatable bonds is 5. The number of carbonyl (C=O) groups excluding carboxylic acids is 2. The molecular weight excluding hydrogens is 381 g/mol. The number of non-ortho nitro benzene ring substituents is 1. The summed E-state index contributed by atoms with van der Waals surface area (Å²) in [4.78, 5) is 33.0. The van der Waals surface area contributed by atoms with Crippen LogP contribution in [0.15, 0.2) is 53.6 Å². The molecule has 0 aliphatic heterocycles. The molecule has 0 saturated heterocycles. The second-order valence-electron chi connectivity index (χ2n) is 5.47. The van der Waals surface area contributed by atoms with Crippen LogP contribution in [0.4, 0.5) is 24.5 Å². The van der Waals surface area contributed by atoms with Crippen molar-refractivity contribution in [2.75, 3.05) is 5.32 Å². The number of nitrogens with zero attached hydrogens (tertiary/aromatic N) is 2. The molecule has 2 amide bonds. The summed E-state index contributed by atoms with van der Waals surface area (Å²) in [6.07, 6.45) is -5.02. The molecule has 0 aliphatic carbocycles. The van der Waals surface area contributed by atoms with Crippen molar-refractivity contribution in [1.82, 2.24) is 5.43 Å². The first-order chi connectivity index (χ1) is 13.1. The number of nitro groups is 1. The number of benzene rings is 2. The fraction of sp³-hybridized carbons (Fsp3) is 0.118. The van der Waals surface area contributed by atoms with E-state index in [9.17, 15) is 32.9 Å². The van der Waals surface area contributed by atoms with Crippen LogP contribution in [0, 0.1) is 10.1 Å². The van der Waals surface area contributed by atoms with E-state index in [1.807, 2.05) is 0 Å². The molecule has 0 saturated carbocycles. The number of carbonyl (C=O) groups is 2. The second kappa shape index (κ2) is 8.29. The average molecular weight is 394 g/mol. The molecule has 0 aliphatic rings. The van der Waals surface area contributed by atoms with Crippen molar-refractivity contribution in [3.8, 4) is 0 Å². The first-order valence-electron chi connectivity index (χ1n) is 7.65. The van der Waals surface area contributed by atoms with E-state index < -0.39 is 22.9 Å². The van der Waals surface area contributed by atoms with Crippen molar-refractivity contribution in [2.45, 2.75) is 13.1 Å². The van der Waals surface area contributed by atoms with Crippen LogP contribution >= 0.6 is 0 Å². The summed E-state index contributed by atoms with van der Waals surface area (Å²) in [7, 11) is 0. The zero-order chi connectivity index (χ0) is 20.9. The maximum atomic E-state index is 12.3. The first-order valence-corrected chi connectivity index (χ1v) is 7.65. The van der Waals surface area contributed by atoms with Crippen LogP contribution in [0.1, 0.15) is 22.8 Å². The quantitative estimate of drug-likeness (QED) is 0.460. The molecule has 2 aromatic rings. The van der Waals surface area contributed by atoms with Gasteiger partial charge >= 0.3 is 12.1 Å². The number of alkyl halides is 3. The van der Waals surface area contributed by atoms with Crippen molar-refractivity contribution in [1.29, 1.82) is 0 Å². The molecule has 0 heterocycles. The van der Waals surface area contributed by atoms with Gasteiger partial charge in [-0.05, 0) is 36.8 Å². The van der Waals surface area contributed by atoms with E-state index in [4.69, 9.17) is 0 Å². The molecule has 8 nitrogen and oxygen atoms in total. The number of hydrogen-bond donors (Lipinski definition) is 2. The van der Waals surface area contributed by atoms with Crippen LogP contribution in [0.5, 0.6) is 0 Å². The van der Waals surface area contributed by atoms with Gasteiger partial charge in [-0.3, -0.25) is 19.7 Å². The lowest BCUT2D eigenvalue weighted by atomic mass is 10.1. The molecule has 0 aromatic heterocycles. The lowest BCUT2D eigenvalue weighted by Gasteiger charge is -2.09. The largest absolute Gasteiger partial charge is 0.471 e. The van der Waals surface area contributed by atoms with Crippen molar-refractivity contribution < 1.29 is 27.7 Å². The van der Waals surface area contributed by atoms with Crippen LogP contribution in [0.2, 0.25) is 0 Å². The van der Waals surface area contributed by atoms with E-state index in [1.165, 1.54) is 43.3 Å². The molecule has 0 atom stereocenters. The van der Waals surface area contributed by atoms with Crippen LogP contribution in [-0.4, -0.2) is 28.6 Å². The molecule has 2 aromatic carbocycles. The number of nitro benzene ring substituents is 1. The van der Waals surface area contributed by atoms with Crippen molar-refractivity contribution in [3.05, 3.63) is 69.8 Å². The Balaban J connectivity index is 2.08. The fourth-order valence-corrected chi connectivity index (χ4v) is 2.02. The van der Waals surface area contributed by atoms with Crippen LogP contribution < -0.4 is 10.7 Å². The molecule has 0 fully saturated rings. The predicted octanol–water partition coefficient (Wildman–Crippen LogP) is 3.25. The van der Waals surface area contributed by atoms with Gasteiger partial charge in [0.05, 0.1) is 10.6 Å². The molecule has 146 valence electrons. The molecule has 0 spiro atoms. The number of hydrazone groups is 1. The number of amides is 2. The van der Waals surface area contributed by atoms with Gasteiger partial charge in [-0.15, -0.1) is 0 Å². The van der Waals surface area contributed by atoms with Crippen molar-refractivity contribution in [3.63, 3.8) is 0 Å². The molecular formula is C17H13F3N4O4. The van der Waals surface area contributed by atoms with Gasteiger partial charge in [0.1, 0.15) is 0 Å². The first kappa shape index (κ1) is 20.6. The lowest BCUT2D eigenvalue weighted by Crippen LogP contribution is -2.29. The summed E-state index contributed by atoms with van der Waals surface area (Å²) in [6, 6.07) is 10.3. The fourth-order valence-electron chi connectivity index (χ4n) is 2.02. The maximum Gasteiger partial charge on any atom is 0.471 e. The van der Waals surface area contributed by atoms with Crippen LogP contribution in [0.3, 0.4) is 0 Å². The van der Waals surface area contributed by atoms with Gasteiger partial charge in [-0.25, -0.2) is 5.43 Å². The van der Waals surface area contributed by atoms with Crippen LogP contribution in [0.25, 0.3) is 0 Å². The minimum atomic E-state index is -5.02. The van der Waals surface area contributed by atoms with Crippen molar-refractivity contribution >= 4 is 28.9 Å². The van der Waals surface area contributed by atoms with Gasteiger partial charge in [0.2, 0.25) is 0 Å². The Morgan fingerprint density at radius 1 is 1.07 bits per heavy atom. The summed E-state index contributed by atoms with van der Waals surface area (Å²) >= 11 is 0. The molecule has 28 heavy (non-hydrogen) atoms. The Kier molecular flexibility index (Phi) is 6.08. The molecule has 11 heteroatoms. The Morgan fingerprint density at radius 3 is 2.29 bits per heavy atom. The number of halogens is 3. The molecule has 2 rings (SSSR count). The standard InChI is InChI=1S/C17H13F3N4O4/c1-10(12-3-2-4-13(9-12)21-16(26)17(18,19)20)22-23-15(25)11-5-7-14(8-6-11)24(27)28/h2-9H,1H3,(H,21,26)(H,23,25)/b22-10-. The predicted molar refractivity (Wildman–Crippen MR) is 93.9 cm³/mol. The number of nitrogens with one attached hydrogen (secondary N) is 2. The van der Waals surface area contributed by atoms with E-state index in [0.717, 1.165) is 12.1 Å². The molecule has 0 unspecified atom stereocenters. The third-order valence-corrected chi connectivity index (χ3v) is 3.46. The SMILES string of the molecule is C/C(=N/NC(=O)c1ccc([N+](=O)[O-])cc1)c1cccc(NC(=O)C(F)(F)F)c1. The van der Waals surface area contributed by atoms with Gasteiger partial charge in [-0.1, -0.05) is 12.1 Å². The van der Waals surface area contributed by atoms with E-state index in [0.29, 0.717) is 5.56 Å². The average Bonchev–Trinajstić information content (AvgIpc) is 2.65. The summed E-state index contributed by atoms with van der Waals surface area (Å²) in [5.41, 5.74) is 2.74. The van der Waals surface area contributed by atoms with Crippen LogP contribution in [-0.2, 0) is 4.79 Å². The van der Waals surface area contributed by atoms with E-state index in [-0.39, 0.29) is 22.6 Å². The Morgan fingerprint density at radius 2 is 1.71 bits per heavy atom. The summed E-state index contributed by atoms with van der Waals surface area (Å²) < 4.78 is 36.9. The summed E-state index contributed by atoms with van der Waals surface area (Å²) in [5.74, 6) is -2.73. The summed E-state index contributed by atoms with van der Waals surface area (Å²) in [6.45, 7) is 1.50. The zero-order valence-corrected chi connectivity index (χ0v) is 14.3. The van der Waals surface area contributed by atoms with Gasteiger partial charge in [0, 0.05) is 23.4 Å². The maximum absolute atomic E-state index is 12.3. The highest BCUT2D eigenvalue weighted by atomic mass is 19.4. The number of hydrogen-bond acceptors (Lipinski definition) is 5. The minimum absolute atomic E-state index is 0.0870. The normalized spacial score (nSPS) is 11.6. The van der Waals surface area contributed by atoms with Gasteiger partial charge in [0.25, 0.3) is 11.6 Å². The van der Waals surface area contributed by atoms with Gasteiger partial charge in [0.15, 0.2) is 0 Å². The Hall–Kier alpha value is -3.76. The minimum Gasteiger partial charge on any atom is -0.318 e. The third-order valence-electron chi connectivity index (χ3n) is 3.46. The van der Waals surface area contributed by atoms with E-state index >= 15 is 0 Å². The Labute approximate surface area is 156 Å². The second-order valence-corrected chi connectivity index (χ2v) is 5.47. The lowest BCUT2D eigenvalue weighted by molar-refractivity contribution is -0.384. The van der Waals surface area contributed by atoms with Gasteiger partial charge in [-0.2, -0.15) is 18.3 Å². The smallest absolute Gasteiger partial charge is 0.318 e. The monoisotopic (exact) mass is 394 g/mol. The molecule has 2 N–H and O–H groups in total. The topological polar surface area (TPSA) is 114 Å². The van der Waals surface area contributed by atoms with E-state index in [1.54, 1.807) is 5.32 Å². The highest BCUT2D eigenvalue weighted by Crippen LogP contribution is 2.19. The number of anilines is 1. The molecule has 0 bridgehead atoms. The third kappa shape index (κ3) is 5.37. The Bertz CT molecular complexity index is 940. The molecule has 0 radical (unpaired) electrons. The van der Waals surface area contributed by atoms with E-state index in [2.05, 4.69) is 10.5 Å². The van der Waals surface area contributed by atoms with Crippen molar-refractivity contribution in [2.24, 2.45) is 5.10 Å². The highest BCUT2D eigenvalue weighted by molar-refractivity contribution is 6.02. The summed E-state index contributed by atoms with van der Waals surface area (Å²) in [5, 5.41) is 16.2.